The summed E-state index contributed by atoms with van der Waals surface area (Å²) in [7, 11) is 0. The third-order valence-electron chi connectivity index (χ3n) is 3.57. The number of thiophene rings is 1. The number of guanidine groups is 1. The van der Waals surface area contributed by atoms with E-state index in [0.29, 0.717) is 12.6 Å². The van der Waals surface area contributed by atoms with Crippen LogP contribution in [-0.2, 0) is 13.0 Å². The van der Waals surface area contributed by atoms with Gasteiger partial charge in [-0.3, -0.25) is 0 Å². The average Bonchev–Trinajstić information content (AvgIpc) is 3.28. The summed E-state index contributed by atoms with van der Waals surface area (Å²) < 4.78 is 5.36. The summed E-state index contributed by atoms with van der Waals surface area (Å²) in [5.74, 6) is 1.88. The number of nitrogens with one attached hydrogen (secondary N) is 2. The fourth-order valence-corrected chi connectivity index (χ4v) is 3.03. The first kappa shape index (κ1) is 14.9. The van der Waals surface area contributed by atoms with Gasteiger partial charge in [0.15, 0.2) is 5.96 Å². The molecule has 0 saturated heterocycles. The highest BCUT2D eigenvalue weighted by molar-refractivity contribution is 7.09. The standard InChI is InChI=1S/C17H21N3OS/c1-2-6-14(5-1)20-17(19-13-16-8-4-12-22-16)18-10-9-15-7-3-11-21-15/h1-4,7-8,11-12,14H,5-6,9-10,13H2,(H2,18,19,20). The van der Waals surface area contributed by atoms with Crippen molar-refractivity contribution in [3.63, 3.8) is 0 Å². The summed E-state index contributed by atoms with van der Waals surface area (Å²) in [6, 6.07) is 8.56. The molecule has 0 aliphatic heterocycles. The molecular weight excluding hydrogens is 294 g/mol. The molecule has 0 atom stereocenters. The molecule has 2 N–H and O–H groups in total. The lowest BCUT2D eigenvalue weighted by molar-refractivity contribution is 0.506. The predicted octanol–water partition coefficient (Wildman–Crippen LogP) is 3.34. The van der Waals surface area contributed by atoms with Gasteiger partial charge in [0.25, 0.3) is 0 Å². The SMILES string of the molecule is C1=CCC(NC(=NCc2cccs2)NCCc2ccco2)C1. The number of nitrogens with zero attached hydrogens (tertiary/aromatic N) is 1. The summed E-state index contributed by atoms with van der Waals surface area (Å²) >= 11 is 1.74. The van der Waals surface area contributed by atoms with Crippen LogP contribution in [0.25, 0.3) is 0 Å². The molecule has 1 aliphatic carbocycles. The van der Waals surface area contributed by atoms with Crippen LogP contribution in [0.15, 0.2) is 57.5 Å². The molecule has 0 radical (unpaired) electrons. The molecule has 4 nitrogen and oxygen atoms in total. The maximum absolute atomic E-state index is 5.36. The van der Waals surface area contributed by atoms with Gasteiger partial charge in [-0.05, 0) is 36.4 Å². The van der Waals surface area contributed by atoms with Crippen molar-refractivity contribution in [1.82, 2.24) is 10.6 Å². The summed E-state index contributed by atoms with van der Waals surface area (Å²) in [6.45, 7) is 1.53. The van der Waals surface area contributed by atoms with Crippen LogP contribution in [-0.4, -0.2) is 18.5 Å². The maximum Gasteiger partial charge on any atom is 0.191 e. The van der Waals surface area contributed by atoms with E-state index in [4.69, 9.17) is 9.41 Å². The molecule has 5 heteroatoms. The van der Waals surface area contributed by atoms with Crippen molar-refractivity contribution < 1.29 is 4.42 Å². The second kappa shape index (κ2) is 7.84. The molecular formula is C17H21N3OS. The Bertz CT molecular complexity index is 594. The van der Waals surface area contributed by atoms with E-state index in [2.05, 4.69) is 40.3 Å². The summed E-state index contributed by atoms with van der Waals surface area (Å²) in [6.07, 6.45) is 9.14. The topological polar surface area (TPSA) is 49.6 Å². The Morgan fingerprint density at radius 3 is 2.91 bits per heavy atom. The number of hydrogen-bond acceptors (Lipinski definition) is 3. The van der Waals surface area contributed by atoms with Crippen LogP contribution in [0.5, 0.6) is 0 Å². The van der Waals surface area contributed by atoms with E-state index in [1.54, 1.807) is 17.6 Å². The monoisotopic (exact) mass is 315 g/mol. The fourth-order valence-electron chi connectivity index (χ4n) is 2.40. The molecule has 1 aliphatic rings. The van der Waals surface area contributed by atoms with Crippen molar-refractivity contribution in [2.45, 2.75) is 31.8 Å². The molecule has 0 bridgehead atoms. The van der Waals surface area contributed by atoms with Gasteiger partial charge in [0.2, 0.25) is 0 Å². The van der Waals surface area contributed by atoms with Crippen LogP contribution in [0.4, 0.5) is 0 Å². The van der Waals surface area contributed by atoms with Crippen molar-refractivity contribution in [3.05, 3.63) is 58.7 Å². The highest BCUT2D eigenvalue weighted by atomic mass is 32.1. The lowest BCUT2D eigenvalue weighted by Crippen LogP contribution is -2.43. The Morgan fingerprint density at radius 2 is 2.18 bits per heavy atom. The van der Waals surface area contributed by atoms with Gasteiger partial charge < -0.3 is 15.1 Å². The van der Waals surface area contributed by atoms with Gasteiger partial charge in [-0.25, -0.2) is 4.99 Å². The lowest BCUT2D eigenvalue weighted by Gasteiger charge is -2.17. The minimum absolute atomic E-state index is 0.457. The highest BCUT2D eigenvalue weighted by Gasteiger charge is 2.12. The molecule has 0 fully saturated rings. The summed E-state index contributed by atoms with van der Waals surface area (Å²) in [5, 5.41) is 9.00. The van der Waals surface area contributed by atoms with Gasteiger partial charge in [-0.2, -0.15) is 0 Å². The number of aliphatic imine (C=N–C) groups is 1. The fraction of sp³-hybridized carbons (Fsp3) is 0.353. The molecule has 0 aromatic carbocycles. The van der Waals surface area contributed by atoms with Crippen LogP contribution in [0.3, 0.4) is 0 Å². The first-order chi connectivity index (χ1) is 10.9. The maximum atomic E-state index is 5.36. The average molecular weight is 315 g/mol. The van der Waals surface area contributed by atoms with Gasteiger partial charge in [0.1, 0.15) is 5.76 Å². The molecule has 2 aromatic rings. The van der Waals surface area contributed by atoms with E-state index >= 15 is 0 Å². The number of furan rings is 1. The molecule has 2 heterocycles. The van der Waals surface area contributed by atoms with E-state index in [1.165, 1.54) is 4.88 Å². The van der Waals surface area contributed by atoms with Crippen LogP contribution in [0.1, 0.15) is 23.5 Å². The largest absolute Gasteiger partial charge is 0.469 e. The minimum atomic E-state index is 0.457. The summed E-state index contributed by atoms with van der Waals surface area (Å²) in [4.78, 5) is 5.97. The summed E-state index contributed by atoms with van der Waals surface area (Å²) in [5.41, 5.74) is 0. The zero-order chi connectivity index (χ0) is 15.0. The molecule has 116 valence electrons. The van der Waals surface area contributed by atoms with E-state index in [9.17, 15) is 0 Å². The Morgan fingerprint density at radius 1 is 1.27 bits per heavy atom. The van der Waals surface area contributed by atoms with E-state index in [-0.39, 0.29) is 0 Å². The van der Waals surface area contributed by atoms with Crippen LogP contribution in [0.2, 0.25) is 0 Å². The van der Waals surface area contributed by atoms with Gasteiger partial charge in [0, 0.05) is 23.9 Å². The van der Waals surface area contributed by atoms with Crippen molar-refractivity contribution in [2.75, 3.05) is 6.54 Å². The molecule has 22 heavy (non-hydrogen) atoms. The number of hydrogen-bond donors (Lipinski definition) is 2. The van der Waals surface area contributed by atoms with Crippen molar-refractivity contribution in [2.24, 2.45) is 4.99 Å². The van der Waals surface area contributed by atoms with Crippen LogP contribution in [0, 0.1) is 0 Å². The first-order valence-corrected chi connectivity index (χ1v) is 8.53. The van der Waals surface area contributed by atoms with Crippen molar-refractivity contribution in [3.8, 4) is 0 Å². The Hall–Kier alpha value is -2.01. The van der Waals surface area contributed by atoms with E-state index in [1.807, 2.05) is 12.1 Å². The van der Waals surface area contributed by atoms with Crippen molar-refractivity contribution >= 4 is 17.3 Å². The normalized spacial score (nSPS) is 15.4. The zero-order valence-corrected chi connectivity index (χ0v) is 13.3. The van der Waals surface area contributed by atoms with E-state index < -0.39 is 0 Å². The van der Waals surface area contributed by atoms with Crippen LogP contribution >= 0.6 is 11.3 Å². The lowest BCUT2D eigenvalue weighted by atomic mass is 10.2. The second-order valence-electron chi connectivity index (χ2n) is 5.28. The highest BCUT2D eigenvalue weighted by Crippen LogP contribution is 2.11. The molecule has 0 saturated carbocycles. The molecule has 0 spiro atoms. The van der Waals surface area contributed by atoms with Gasteiger partial charge in [-0.1, -0.05) is 18.2 Å². The second-order valence-corrected chi connectivity index (χ2v) is 6.32. The first-order valence-electron chi connectivity index (χ1n) is 7.65. The Balaban J connectivity index is 1.53. The van der Waals surface area contributed by atoms with Crippen LogP contribution < -0.4 is 10.6 Å². The van der Waals surface area contributed by atoms with Gasteiger partial charge in [0.05, 0.1) is 12.8 Å². The molecule has 0 unspecified atom stereocenters. The third kappa shape index (κ3) is 4.49. The molecule has 0 amide bonds. The van der Waals surface area contributed by atoms with Gasteiger partial charge >= 0.3 is 0 Å². The zero-order valence-electron chi connectivity index (χ0n) is 12.5. The van der Waals surface area contributed by atoms with Gasteiger partial charge in [-0.15, -0.1) is 11.3 Å². The third-order valence-corrected chi connectivity index (χ3v) is 4.43. The smallest absolute Gasteiger partial charge is 0.191 e. The molecule has 2 aromatic heterocycles. The predicted molar refractivity (Wildman–Crippen MR) is 91.2 cm³/mol. The Labute approximate surface area is 135 Å². The van der Waals surface area contributed by atoms with Crippen molar-refractivity contribution in [1.29, 1.82) is 0 Å². The minimum Gasteiger partial charge on any atom is -0.469 e. The van der Waals surface area contributed by atoms with E-state index in [0.717, 1.165) is 37.5 Å². The Kier molecular flexibility index (Phi) is 5.32. The quantitative estimate of drug-likeness (QED) is 0.488. The molecule has 3 rings (SSSR count). The number of rotatable bonds is 6.